The lowest BCUT2D eigenvalue weighted by Gasteiger charge is -2.47. The molecule has 2 saturated heterocycles. The van der Waals surface area contributed by atoms with Gasteiger partial charge in [-0.1, -0.05) is 68.2 Å². The first-order valence-corrected chi connectivity index (χ1v) is 12.3. The SMILES string of the molecule is CC(C)(C)C(=O)N1CCC(NC2CN(C(c3ccc(Cl)cc3)c3ccc(Cl)cc3)C2)CC1. The molecule has 1 amide bonds. The molecule has 6 heteroatoms. The van der Waals surface area contributed by atoms with E-state index in [2.05, 4.69) is 34.5 Å². The quantitative estimate of drug-likeness (QED) is 0.631. The van der Waals surface area contributed by atoms with Crippen LogP contribution in [-0.4, -0.2) is 54.0 Å². The molecule has 2 fully saturated rings. The van der Waals surface area contributed by atoms with Crippen molar-refractivity contribution >= 4 is 29.1 Å². The van der Waals surface area contributed by atoms with E-state index in [4.69, 9.17) is 23.2 Å². The molecule has 2 aromatic carbocycles. The van der Waals surface area contributed by atoms with Gasteiger partial charge in [0.2, 0.25) is 5.91 Å². The Labute approximate surface area is 201 Å². The van der Waals surface area contributed by atoms with Crippen LogP contribution in [0.15, 0.2) is 48.5 Å². The zero-order valence-electron chi connectivity index (χ0n) is 19.2. The fraction of sp³-hybridized carbons (Fsp3) is 0.500. The van der Waals surface area contributed by atoms with Crippen molar-refractivity contribution < 1.29 is 4.79 Å². The van der Waals surface area contributed by atoms with Crippen LogP contribution in [0.5, 0.6) is 0 Å². The van der Waals surface area contributed by atoms with Crippen LogP contribution in [0, 0.1) is 5.41 Å². The zero-order valence-corrected chi connectivity index (χ0v) is 20.7. The number of amides is 1. The molecule has 0 aliphatic carbocycles. The molecule has 0 spiro atoms. The van der Waals surface area contributed by atoms with Crippen molar-refractivity contribution in [2.24, 2.45) is 5.41 Å². The molecular formula is C26H33Cl2N3O. The van der Waals surface area contributed by atoms with Crippen LogP contribution in [0.4, 0.5) is 0 Å². The maximum Gasteiger partial charge on any atom is 0.227 e. The molecule has 2 aromatic rings. The molecule has 2 aliphatic rings. The maximum atomic E-state index is 12.5. The summed E-state index contributed by atoms with van der Waals surface area (Å²) in [4.78, 5) is 17.1. The Bertz CT molecular complexity index is 864. The average Bonchev–Trinajstić information content (AvgIpc) is 2.74. The molecule has 0 bridgehead atoms. The van der Waals surface area contributed by atoms with E-state index in [1.54, 1.807) is 0 Å². The summed E-state index contributed by atoms with van der Waals surface area (Å²) in [6, 6.07) is 17.5. The monoisotopic (exact) mass is 473 g/mol. The van der Waals surface area contributed by atoms with Gasteiger partial charge in [-0.3, -0.25) is 9.69 Å². The van der Waals surface area contributed by atoms with Crippen molar-refractivity contribution in [3.05, 3.63) is 69.7 Å². The largest absolute Gasteiger partial charge is 0.342 e. The lowest BCUT2D eigenvalue weighted by molar-refractivity contribution is -0.140. The molecule has 4 rings (SSSR count). The first-order chi connectivity index (χ1) is 15.2. The molecule has 0 atom stereocenters. The van der Waals surface area contributed by atoms with Gasteiger partial charge >= 0.3 is 0 Å². The summed E-state index contributed by atoms with van der Waals surface area (Å²) >= 11 is 12.3. The van der Waals surface area contributed by atoms with Crippen LogP contribution < -0.4 is 5.32 Å². The summed E-state index contributed by atoms with van der Waals surface area (Å²) in [6.07, 6.45) is 2.05. The van der Waals surface area contributed by atoms with Crippen LogP contribution in [0.25, 0.3) is 0 Å². The summed E-state index contributed by atoms with van der Waals surface area (Å²) < 4.78 is 0. The van der Waals surface area contributed by atoms with Crippen molar-refractivity contribution in [3.8, 4) is 0 Å². The van der Waals surface area contributed by atoms with Crippen molar-refractivity contribution in [3.63, 3.8) is 0 Å². The second-order valence-electron chi connectivity index (χ2n) is 10.1. The van der Waals surface area contributed by atoms with E-state index < -0.39 is 0 Å². The third kappa shape index (κ3) is 5.48. The van der Waals surface area contributed by atoms with E-state index in [1.807, 2.05) is 49.9 Å². The number of hydrogen-bond donors (Lipinski definition) is 1. The average molecular weight is 474 g/mol. The molecule has 172 valence electrons. The smallest absolute Gasteiger partial charge is 0.227 e. The van der Waals surface area contributed by atoms with Gasteiger partial charge in [0.15, 0.2) is 0 Å². The third-order valence-corrected chi connectivity index (χ3v) is 7.05. The Morgan fingerprint density at radius 3 is 1.78 bits per heavy atom. The Morgan fingerprint density at radius 1 is 0.875 bits per heavy atom. The minimum absolute atomic E-state index is 0.189. The summed E-state index contributed by atoms with van der Waals surface area (Å²) in [5.41, 5.74) is 2.18. The number of hydrogen-bond acceptors (Lipinski definition) is 3. The van der Waals surface area contributed by atoms with E-state index in [0.717, 1.165) is 49.1 Å². The molecule has 4 nitrogen and oxygen atoms in total. The van der Waals surface area contributed by atoms with E-state index >= 15 is 0 Å². The summed E-state index contributed by atoms with van der Waals surface area (Å²) in [7, 11) is 0. The number of carbonyl (C=O) groups excluding carboxylic acids is 1. The molecule has 2 aliphatic heterocycles. The predicted molar refractivity (Wildman–Crippen MR) is 132 cm³/mol. The lowest BCUT2D eigenvalue weighted by Crippen LogP contribution is -2.62. The number of nitrogens with one attached hydrogen (secondary N) is 1. The van der Waals surface area contributed by atoms with Crippen molar-refractivity contribution in [2.75, 3.05) is 26.2 Å². The number of piperidine rings is 1. The van der Waals surface area contributed by atoms with Gasteiger partial charge in [0.05, 0.1) is 6.04 Å². The minimum Gasteiger partial charge on any atom is -0.342 e. The molecule has 0 radical (unpaired) electrons. The predicted octanol–water partition coefficient (Wildman–Crippen LogP) is 5.39. The topological polar surface area (TPSA) is 35.6 Å². The molecule has 0 saturated carbocycles. The van der Waals surface area contributed by atoms with E-state index in [-0.39, 0.29) is 17.4 Å². The highest BCUT2D eigenvalue weighted by Crippen LogP contribution is 2.34. The van der Waals surface area contributed by atoms with Crippen molar-refractivity contribution in [2.45, 2.75) is 51.7 Å². The van der Waals surface area contributed by atoms with Gasteiger partial charge in [0, 0.05) is 53.7 Å². The highest BCUT2D eigenvalue weighted by molar-refractivity contribution is 6.30. The van der Waals surface area contributed by atoms with Gasteiger partial charge in [-0.2, -0.15) is 0 Å². The Hall–Kier alpha value is -1.59. The van der Waals surface area contributed by atoms with Gasteiger partial charge in [-0.25, -0.2) is 0 Å². The van der Waals surface area contributed by atoms with Crippen LogP contribution in [0.3, 0.4) is 0 Å². The van der Waals surface area contributed by atoms with E-state index in [1.165, 1.54) is 11.1 Å². The number of carbonyl (C=O) groups is 1. The van der Waals surface area contributed by atoms with Crippen LogP contribution in [0.1, 0.15) is 50.8 Å². The second kappa shape index (κ2) is 9.72. The summed E-state index contributed by atoms with van der Waals surface area (Å²) in [6.45, 7) is 9.69. The first kappa shape index (κ1) is 23.6. The molecule has 0 unspecified atom stereocenters. The van der Waals surface area contributed by atoms with Crippen LogP contribution in [-0.2, 0) is 4.79 Å². The number of benzene rings is 2. The highest BCUT2D eigenvalue weighted by atomic mass is 35.5. The number of likely N-dealkylation sites (tertiary alicyclic amines) is 2. The summed E-state index contributed by atoms with van der Waals surface area (Å²) in [5.74, 6) is 0.263. The standard InChI is InChI=1S/C26H33Cl2N3O/c1-26(2,3)25(32)30-14-12-22(13-15-30)29-23-16-31(17-23)24(18-4-8-20(27)9-5-18)19-6-10-21(28)11-7-19/h4-11,22-24,29H,12-17H2,1-3H3. The van der Waals surface area contributed by atoms with Gasteiger partial charge in [-0.15, -0.1) is 0 Å². The van der Waals surface area contributed by atoms with Gasteiger partial charge in [0.25, 0.3) is 0 Å². The van der Waals surface area contributed by atoms with E-state index in [9.17, 15) is 4.79 Å². The van der Waals surface area contributed by atoms with Crippen LogP contribution >= 0.6 is 23.2 Å². The van der Waals surface area contributed by atoms with Gasteiger partial charge < -0.3 is 10.2 Å². The first-order valence-electron chi connectivity index (χ1n) is 11.5. The van der Waals surface area contributed by atoms with Gasteiger partial charge in [-0.05, 0) is 48.2 Å². The zero-order chi connectivity index (χ0) is 22.9. The summed E-state index contributed by atoms with van der Waals surface area (Å²) in [5, 5.41) is 5.34. The maximum absolute atomic E-state index is 12.5. The van der Waals surface area contributed by atoms with E-state index in [0.29, 0.717) is 12.1 Å². The lowest BCUT2D eigenvalue weighted by atomic mass is 9.91. The Morgan fingerprint density at radius 2 is 1.34 bits per heavy atom. The molecular weight excluding hydrogens is 441 g/mol. The van der Waals surface area contributed by atoms with Crippen molar-refractivity contribution in [1.82, 2.24) is 15.1 Å². The molecule has 32 heavy (non-hydrogen) atoms. The fourth-order valence-corrected chi connectivity index (χ4v) is 5.04. The second-order valence-corrected chi connectivity index (χ2v) is 11.0. The third-order valence-electron chi connectivity index (χ3n) is 6.54. The Kier molecular flexibility index (Phi) is 7.16. The minimum atomic E-state index is -0.299. The highest BCUT2D eigenvalue weighted by Gasteiger charge is 2.36. The Balaban J connectivity index is 1.35. The van der Waals surface area contributed by atoms with Crippen LogP contribution in [0.2, 0.25) is 10.0 Å². The fourth-order valence-electron chi connectivity index (χ4n) is 4.79. The molecule has 1 N–H and O–H groups in total. The molecule has 0 aromatic heterocycles. The van der Waals surface area contributed by atoms with Crippen molar-refractivity contribution in [1.29, 1.82) is 0 Å². The molecule has 2 heterocycles. The number of halogens is 2. The van der Waals surface area contributed by atoms with Gasteiger partial charge in [0.1, 0.15) is 0 Å². The normalized spacial score (nSPS) is 18.8. The number of rotatable bonds is 5. The number of nitrogens with zero attached hydrogens (tertiary/aromatic N) is 2.